The highest BCUT2D eigenvalue weighted by Gasteiger charge is 2.26. The Morgan fingerprint density at radius 2 is 2.33 bits per heavy atom. The van der Waals surface area contributed by atoms with Gasteiger partial charge in [-0.1, -0.05) is 0 Å². The maximum Gasteiger partial charge on any atom is 0.125 e. The van der Waals surface area contributed by atoms with E-state index in [2.05, 4.69) is 20.2 Å². The van der Waals surface area contributed by atoms with Crippen LogP contribution in [0, 0.1) is 6.92 Å². The Balaban J connectivity index is 2.02. The molecule has 5 heteroatoms. The summed E-state index contributed by atoms with van der Waals surface area (Å²) >= 11 is 0. The molecule has 2 N–H and O–H groups in total. The topological polar surface area (TPSA) is 61.3 Å². The fraction of sp³-hybridized carbons (Fsp3) is 0.692. The molecule has 0 radical (unpaired) electrons. The van der Waals surface area contributed by atoms with Crippen molar-refractivity contribution in [1.29, 1.82) is 0 Å². The van der Waals surface area contributed by atoms with Gasteiger partial charge in [-0.15, -0.1) is 0 Å². The van der Waals surface area contributed by atoms with Crippen LogP contribution in [0.3, 0.4) is 0 Å². The van der Waals surface area contributed by atoms with Gasteiger partial charge in [0.05, 0.1) is 5.60 Å². The molecule has 0 saturated heterocycles. The molecule has 0 bridgehead atoms. The standard InChI is InChI=1S/C13H22N4O/c1-10-15-6-11-7-17(5-4-12(11)16-10)9-13(2,18)8-14-3/h6,14,18H,4-5,7-9H2,1-3H3. The third-order valence-corrected chi connectivity index (χ3v) is 3.26. The fourth-order valence-corrected chi connectivity index (χ4v) is 2.53. The molecule has 0 fully saturated rings. The fourth-order valence-electron chi connectivity index (χ4n) is 2.53. The molecule has 2 rings (SSSR count). The van der Waals surface area contributed by atoms with Crippen molar-refractivity contribution < 1.29 is 5.11 Å². The number of β-amino-alcohol motifs (C(OH)–C–C–N with tert-alkyl or cyclic N) is 1. The minimum Gasteiger partial charge on any atom is -0.388 e. The molecule has 2 heterocycles. The minimum atomic E-state index is -0.697. The number of aryl methyl sites for hydroxylation is 1. The third kappa shape index (κ3) is 3.25. The van der Waals surface area contributed by atoms with Crippen LogP contribution in [0.1, 0.15) is 24.0 Å². The first-order chi connectivity index (χ1) is 8.50. The molecular weight excluding hydrogens is 228 g/mol. The van der Waals surface area contributed by atoms with Gasteiger partial charge in [0.2, 0.25) is 0 Å². The highest BCUT2D eigenvalue weighted by atomic mass is 16.3. The summed E-state index contributed by atoms with van der Waals surface area (Å²) in [6, 6.07) is 0. The summed E-state index contributed by atoms with van der Waals surface area (Å²) in [5, 5.41) is 13.2. The van der Waals surface area contributed by atoms with Gasteiger partial charge in [0.15, 0.2) is 0 Å². The van der Waals surface area contributed by atoms with Crippen LogP contribution in [0.2, 0.25) is 0 Å². The van der Waals surface area contributed by atoms with E-state index in [0.717, 1.165) is 31.0 Å². The molecule has 5 nitrogen and oxygen atoms in total. The van der Waals surface area contributed by atoms with E-state index < -0.39 is 5.60 Å². The van der Waals surface area contributed by atoms with Gasteiger partial charge in [-0.25, -0.2) is 9.97 Å². The Hall–Kier alpha value is -1.04. The van der Waals surface area contributed by atoms with E-state index in [1.165, 1.54) is 5.56 Å². The molecule has 1 aliphatic rings. The maximum atomic E-state index is 10.2. The summed E-state index contributed by atoms with van der Waals surface area (Å²) in [5.41, 5.74) is 1.65. The summed E-state index contributed by atoms with van der Waals surface area (Å²) in [6.07, 6.45) is 2.85. The molecule has 1 aromatic rings. The van der Waals surface area contributed by atoms with Crippen LogP contribution in [0.5, 0.6) is 0 Å². The zero-order chi connectivity index (χ0) is 13.2. The highest BCUT2D eigenvalue weighted by Crippen LogP contribution is 2.18. The molecule has 0 amide bonds. The number of rotatable bonds is 4. The number of aliphatic hydroxyl groups is 1. The summed E-state index contributed by atoms with van der Waals surface area (Å²) in [5.74, 6) is 0.837. The van der Waals surface area contributed by atoms with E-state index in [1.54, 1.807) is 0 Å². The van der Waals surface area contributed by atoms with Crippen LogP contribution in [-0.2, 0) is 13.0 Å². The number of fused-ring (bicyclic) bond motifs is 1. The lowest BCUT2D eigenvalue weighted by atomic mass is 10.0. The molecule has 0 aliphatic carbocycles. The highest BCUT2D eigenvalue weighted by molar-refractivity contribution is 5.20. The Bertz CT molecular complexity index is 419. The third-order valence-electron chi connectivity index (χ3n) is 3.26. The van der Waals surface area contributed by atoms with Gasteiger partial charge in [-0.3, -0.25) is 4.90 Å². The summed E-state index contributed by atoms with van der Waals surface area (Å²) in [7, 11) is 1.86. The second-order valence-electron chi connectivity index (χ2n) is 5.38. The van der Waals surface area contributed by atoms with Crippen molar-refractivity contribution in [3.63, 3.8) is 0 Å². The van der Waals surface area contributed by atoms with Crippen molar-refractivity contribution in [2.45, 2.75) is 32.4 Å². The number of likely N-dealkylation sites (N-methyl/N-ethyl adjacent to an activating group) is 1. The Labute approximate surface area is 108 Å². The lowest BCUT2D eigenvalue weighted by Gasteiger charge is -2.34. The molecule has 100 valence electrons. The zero-order valence-electron chi connectivity index (χ0n) is 11.4. The van der Waals surface area contributed by atoms with Gasteiger partial charge < -0.3 is 10.4 Å². The lowest BCUT2D eigenvalue weighted by molar-refractivity contribution is 0.0173. The zero-order valence-corrected chi connectivity index (χ0v) is 11.4. The first kappa shape index (κ1) is 13.4. The number of nitrogens with one attached hydrogen (secondary N) is 1. The summed E-state index contributed by atoms with van der Waals surface area (Å²) in [6.45, 7) is 6.83. The van der Waals surface area contributed by atoms with Gasteiger partial charge in [0.25, 0.3) is 0 Å². The summed E-state index contributed by atoms with van der Waals surface area (Å²) in [4.78, 5) is 11.0. The van der Waals surface area contributed by atoms with Gasteiger partial charge in [-0.05, 0) is 20.9 Å². The van der Waals surface area contributed by atoms with E-state index in [-0.39, 0.29) is 0 Å². The van der Waals surface area contributed by atoms with E-state index >= 15 is 0 Å². The molecule has 0 saturated carbocycles. The molecule has 1 aliphatic heterocycles. The largest absolute Gasteiger partial charge is 0.388 e. The number of hydrogen-bond acceptors (Lipinski definition) is 5. The van der Waals surface area contributed by atoms with Crippen LogP contribution < -0.4 is 5.32 Å². The lowest BCUT2D eigenvalue weighted by Crippen LogP contribution is -2.48. The van der Waals surface area contributed by atoms with Crippen molar-refractivity contribution in [3.05, 3.63) is 23.3 Å². The van der Waals surface area contributed by atoms with Crippen LogP contribution in [0.25, 0.3) is 0 Å². The monoisotopic (exact) mass is 250 g/mol. The Kier molecular flexibility index (Phi) is 3.94. The Morgan fingerprint density at radius 3 is 3.06 bits per heavy atom. The maximum absolute atomic E-state index is 10.2. The second-order valence-corrected chi connectivity index (χ2v) is 5.38. The summed E-state index contributed by atoms with van der Waals surface area (Å²) < 4.78 is 0. The van der Waals surface area contributed by atoms with Crippen molar-refractivity contribution in [3.8, 4) is 0 Å². The van der Waals surface area contributed by atoms with Crippen molar-refractivity contribution in [2.75, 3.05) is 26.7 Å². The quantitative estimate of drug-likeness (QED) is 0.794. The average molecular weight is 250 g/mol. The molecule has 0 spiro atoms. The minimum absolute atomic E-state index is 0.598. The van der Waals surface area contributed by atoms with Gasteiger partial charge in [0, 0.05) is 50.1 Å². The SMILES string of the molecule is CNCC(C)(O)CN1CCc2nc(C)ncc2C1. The van der Waals surface area contributed by atoms with Gasteiger partial charge in [0.1, 0.15) is 5.82 Å². The Morgan fingerprint density at radius 1 is 1.56 bits per heavy atom. The molecule has 18 heavy (non-hydrogen) atoms. The number of nitrogens with zero attached hydrogens (tertiary/aromatic N) is 3. The smallest absolute Gasteiger partial charge is 0.125 e. The van der Waals surface area contributed by atoms with Crippen molar-refractivity contribution >= 4 is 0 Å². The van der Waals surface area contributed by atoms with Crippen molar-refractivity contribution in [1.82, 2.24) is 20.2 Å². The number of hydrogen-bond donors (Lipinski definition) is 2. The van der Waals surface area contributed by atoms with E-state index in [4.69, 9.17) is 0 Å². The van der Waals surface area contributed by atoms with E-state index in [0.29, 0.717) is 13.1 Å². The predicted molar refractivity (Wildman–Crippen MR) is 70.3 cm³/mol. The van der Waals surface area contributed by atoms with Crippen molar-refractivity contribution in [2.24, 2.45) is 0 Å². The molecule has 1 atom stereocenters. The van der Waals surface area contributed by atoms with Crippen LogP contribution in [0.4, 0.5) is 0 Å². The van der Waals surface area contributed by atoms with Gasteiger partial charge in [-0.2, -0.15) is 0 Å². The average Bonchev–Trinajstić information content (AvgIpc) is 2.28. The molecule has 0 aromatic carbocycles. The van der Waals surface area contributed by atoms with E-state index in [9.17, 15) is 5.11 Å². The number of aromatic nitrogens is 2. The van der Waals surface area contributed by atoms with E-state index in [1.807, 2.05) is 27.1 Å². The first-order valence-electron chi connectivity index (χ1n) is 6.41. The first-order valence-corrected chi connectivity index (χ1v) is 6.41. The van der Waals surface area contributed by atoms with Crippen LogP contribution in [-0.4, -0.2) is 52.3 Å². The van der Waals surface area contributed by atoms with Crippen LogP contribution >= 0.6 is 0 Å². The normalized spacial score (nSPS) is 19.3. The van der Waals surface area contributed by atoms with Gasteiger partial charge >= 0.3 is 0 Å². The molecule has 1 aromatic heterocycles. The molecule has 1 unspecified atom stereocenters. The predicted octanol–water partition coefficient (Wildman–Crippen LogP) is 0.114. The second kappa shape index (κ2) is 5.30. The van der Waals surface area contributed by atoms with Crippen LogP contribution in [0.15, 0.2) is 6.20 Å². The molecular formula is C13H22N4O.